The number of morpholine rings is 1. The van der Waals surface area contributed by atoms with E-state index in [9.17, 15) is 18.3 Å². The number of carbonyl (C=O) groups is 1. The minimum atomic E-state index is -3.80. The van der Waals surface area contributed by atoms with Gasteiger partial charge in [-0.2, -0.15) is 4.31 Å². The molecule has 0 bridgehead atoms. The van der Waals surface area contributed by atoms with E-state index in [4.69, 9.17) is 4.74 Å². The molecule has 1 aromatic heterocycles. The number of carbonyl (C=O) groups excluding carboxylic acids is 1. The Morgan fingerprint density at radius 1 is 0.943 bits per heavy atom. The van der Waals surface area contributed by atoms with Crippen LogP contribution in [-0.2, 0) is 14.8 Å². The normalized spacial score (nSPS) is 14.6. The smallest absolute Gasteiger partial charge is 0.256 e. The third-order valence-corrected chi connectivity index (χ3v) is 7.75. The number of aromatic nitrogens is 1. The first-order chi connectivity index (χ1) is 16.9. The Hall–Kier alpha value is -3.79. The van der Waals surface area contributed by atoms with Crippen molar-refractivity contribution in [2.24, 2.45) is 0 Å². The fraction of sp³-hybridized carbons (Fsp3) is 0.154. The number of para-hydroxylation sites is 1. The highest BCUT2D eigenvalue weighted by Crippen LogP contribution is 2.30. The van der Waals surface area contributed by atoms with E-state index in [1.54, 1.807) is 12.1 Å². The number of sulfonamides is 1. The van der Waals surface area contributed by atoms with Crippen LogP contribution in [0.1, 0.15) is 10.4 Å². The molecule has 35 heavy (non-hydrogen) atoms. The van der Waals surface area contributed by atoms with E-state index in [1.165, 1.54) is 22.5 Å². The molecule has 0 aliphatic carbocycles. The monoisotopic (exact) mass is 489 g/mol. The maximum absolute atomic E-state index is 13.4. The molecule has 3 aromatic carbocycles. The van der Waals surface area contributed by atoms with Crippen LogP contribution >= 0.6 is 0 Å². The van der Waals surface area contributed by atoms with Crippen LogP contribution in [0.15, 0.2) is 83.8 Å². The van der Waals surface area contributed by atoms with Crippen LogP contribution in [0.2, 0.25) is 0 Å². The molecular formula is C26H23N3O5S. The lowest BCUT2D eigenvalue weighted by molar-refractivity contribution is 0.0730. The molecule has 4 aromatic rings. The molecule has 1 aliphatic heterocycles. The van der Waals surface area contributed by atoms with Gasteiger partial charge in [-0.3, -0.25) is 4.79 Å². The minimum absolute atomic E-state index is 0.00601. The molecule has 2 N–H and O–H groups in total. The van der Waals surface area contributed by atoms with Crippen molar-refractivity contribution in [3.8, 4) is 17.0 Å². The van der Waals surface area contributed by atoms with Gasteiger partial charge in [-0.15, -0.1) is 0 Å². The summed E-state index contributed by atoms with van der Waals surface area (Å²) in [5, 5.41) is 13.7. The predicted octanol–water partition coefficient (Wildman–Crippen LogP) is 3.88. The highest BCUT2D eigenvalue weighted by molar-refractivity contribution is 7.89. The number of aromatic hydroxyl groups is 1. The summed E-state index contributed by atoms with van der Waals surface area (Å²) in [6.07, 6.45) is 0. The van der Waals surface area contributed by atoms with Crippen molar-refractivity contribution in [3.63, 3.8) is 0 Å². The first kappa shape index (κ1) is 23.0. The van der Waals surface area contributed by atoms with Gasteiger partial charge in [0.1, 0.15) is 5.75 Å². The number of fused-ring (bicyclic) bond motifs is 1. The van der Waals surface area contributed by atoms with Crippen LogP contribution in [-0.4, -0.2) is 55.0 Å². The summed E-state index contributed by atoms with van der Waals surface area (Å²) < 4.78 is 32.7. The fourth-order valence-electron chi connectivity index (χ4n) is 4.02. The van der Waals surface area contributed by atoms with Crippen molar-refractivity contribution in [3.05, 3.63) is 84.4 Å². The second-order valence-corrected chi connectivity index (χ2v) is 10.0. The summed E-state index contributed by atoms with van der Waals surface area (Å²) in [7, 11) is -3.80. The number of pyridine rings is 1. The summed E-state index contributed by atoms with van der Waals surface area (Å²) >= 11 is 0. The largest absolute Gasteiger partial charge is 0.506 e. The second kappa shape index (κ2) is 9.46. The average molecular weight is 490 g/mol. The van der Waals surface area contributed by atoms with Crippen LogP contribution in [0.4, 0.5) is 5.69 Å². The van der Waals surface area contributed by atoms with E-state index in [0.29, 0.717) is 35.4 Å². The molecule has 1 amide bonds. The summed E-state index contributed by atoms with van der Waals surface area (Å²) in [4.78, 5) is 18.1. The highest BCUT2D eigenvalue weighted by atomic mass is 32.2. The maximum Gasteiger partial charge on any atom is 0.256 e. The first-order valence-corrected chi connectivity index (χ1v) is 12.5. The van der Waals surface area contributed by atoms with Gasteiger partial charge in [-0.25, -0.2) is 13.4 Å². The van der Waals surface area contributed by atoms with Crippen LogP contribution in [0, 0.1) is 0 Å². The van der Waals surface area contributed by atoms with E-state index in [-0.39, 0.29) is 29.4 Å². The molecular weight excluding hydrogens is 466 g/mol. The maximum atomic E-state index is 13.4. The van der Waals surface area contributed by atoms with Gasteiger partial charge in [0.2, 0.25) is 10.0 Å². The SMILES string of the molecule is O=C(Nc1cc(S(=O)(=O)N2CCOCC2)ccc1O)c1cc(-c2ccccc2)nc2ccccc12. The standard InChI is InChI=1S/C26H23N3O5S/c30-25-11-10-19(35(32,33)29-12-14-34-15-13-29)16-24(25)28-26(31)21-17-23(18-6-2-1-3-7-18)27-22-9-5-4-8-20(21)22/h1-11,16-17,30H,12-15H2,(H,28,31). The molecule has 0 spiro atoms. The number of anilines is 1. The number of ether oxygens (including phenoxy) is 1. The molecule has 8 nitrogen and oxygen atoms in total. The topological polar surface area (TPSA) is 109 Å². The van der Waals surface area contributed by atoms with Crippen LogP contribution in [0.5, 0.6) is 5.75 Å². The van der Waals surface area contributed by atoms with Gasteiger partial charge in [-0.1, -0.05) is 48.5 Å². The minimum Gasteiger partial charge on any atom is -0.506 e. The van der Waals surface area contributed by atoms with E-state index < -0.39 is 15.9 Å². The van der Waals surface area contributed by atoms with Gasteiger partial charge in [-0.05, 0) is 30.3 Å². The van der Waals surface area contributed by atoms with E-state index in [1.807, 2.05) is 48.5 Å². The predicted molar refractivity (Wildman–Crippen MR) is 133 cm³/mol. The number of rotatable bonds is 5. The summed E-state index contributed by atoms with van der Waals surface area (Å²) in [6, 6.07) is 22.3. The highest BCUT2D eigenvalue weighted by Gasteiger charge is 2.27. The number of benzene rings is 3. The molecule has 2 heterocycles. The quantitative estimate of drug-likeness (QED) is 0.412. The molecule has 0 unspecified atom stereocenters. The Balaban J connectivity index is 1.51. The molecule has 0 saturated carbocycles. The fourth-order valence-corrected chi connectivity index (χ4v) is 5.46. The van der Waals surface area contributed by atoms with Gasteiger partial charge in [0, 0.05) is 24.0 Å². The third-order valence-electron chi connectivity index (χ3n) is 5.85. The molecule has 0 radical (unpaired) electrons. The number of phenols is 1. The van der Waals surface area contributed by atoms with Crippen molar-refractivity contribution < 1.29 is 23.1 Å². The molecule has 9 heteroatoms. The number of nitrogens with zero attached hydrogens (tertiary/aromatic N) is 2. The molecule has 1 fully saturated rings. The van der Waals surface area contributed by atoms with Gasteiger partial charge in [0.25, 0.3) is 5.91 Å². The lowest BCUT2D eigenvalue weighted by Gasteiger charge is -2.26. The van der Waals surface area contributed by atoms with Crippen molar-refractivity contribution >= 4 is 32.5 Å². The Bertz CT molecular complexity index is 1500. The van der Waals surface area contributed by atoms with Crippen LogP contribution in [0.3, 0.4) is 0 Å². The molecule has 5 rings (SSSR count). The zero-order chi connectivity index (χ0) is 24.4. The number of phenolic OH excluding ortho intramolecular Hbond substituents is 1. The third kappa shape index (κ3) is 4.61. The van der Waals surface area contributed by atoms with Gasteiger partial charge in [0.05, 0.1) is 40.6 Å². The average Bonchev–Trinajstić information content (AvgIpc) is 2.90. The number of nitrogens with one attached hydrogen (secondary N) is 1. The Labute approximate surface area is 202 Å². The zero-order valence-corrected chi connectivity index (χ0v) is 19.5. The second-order valence-electron chi connectivity index (χ2n) is 8.09. The summed E-state index contributed by atoms with van der Waals surface area (Å²) in [5.41, 5.74) is 2.49. The molecule has 1 aliphatic rings. The summed E-state index contributed by atoms with van der Waals surface area (Å²) in [5.74, 6) is -0.724. The van der Waals surface area contributed by atoms with E-state index in [0.717, 1.165) is 5.56 Å². The van der Waals surface area contributed by atoms with Gasteiger partial charge >= 0.3 is 0 Å². The number of hydrogen-bond acceptors (Lipinski definition) is 6. The van der Waals surface area contributed by atoms with Gasteiger partial charge in [0.15, 0.2) is 0 Å². The lowest BCUT2D eigenvalue weighted by Crippen LogP contribution is -2.40. The van der Waals surface area contributed by atoms with E-state index >= 15 is 0 Å². The Kier molecular flexibility index (Phi) is 6.21. The first-order valence-electron chi connectivity index (χ1n) is 11.1. The van der Waals surface area contributed by atoms with Crippen molar-refractivity contribution in [2.45, 2.75) is 4.90 Å². The van der Waals surface area contributed by atoms with Crippen LogP contribution < -0.4 is 5.32 Å². The number of hydrogen-bond donors (Lipinski definition) is 2. The molecule has 0 atom stereocenters. The van der Waals surface area contributed by atoms with Crippen molar-refractivity contribution in [1.29, 1.82) is 0 Å². The van der Waals surface area contributed by atoms with Crippen molar-refractivity contribution in [1.82, 2.24) is 9.29 Å². The van der Waals surface area contributed by atoms with Gasteiger partial charge < -0.3 is 15.2 Å². The lowest BCUT2D eigenvalue weighted by atomic mass is 10.0. The Morgan fingerprint density at radius 3 is 2.43 bits per heavy atom. The molecule has 178 valence electrons. The van der Waals surface area contributed by atoms with E-state index in [2.05, 4.69) is 10.3 Å². The zero-order valence-electron chi connectivity index (χ0n) is 18.7. The van der Waals surface area contributed by atoms with Crippen molar-refractivity contribution in [2.75, 3.05) is 31.6 Å². The van der Waals surface area contributed by atoms with Crippen LogP contribution in [0.25, 0.3) is 22.2 Å². The molecule has 1 saturated heterocycles. The number of amides is 1. The summed E-state index contributed by atoms with van der Waals surface area (Å²) in [6.45, 7) is 1.13. The Morgan fingerprint density at radius 2 is 1.66 bits per heavy atom.